The zero-order valence-corrected chi connectivity index (χ0v) is 17.4. The minimum absolute atomic E-state index is 0.215. The van der Waals surface area contributed by atoms with E-state index >= 15 is 0 Å². The van der Waals surface area contributed by atoms with Crippen LogP contribution in [0, 0.1) is 6.92 Å². The minimum atomic E-state index is -2.89. The highest BCUT2D eigenvalue weighted by Gasteiger charge is 2.51. The lowest BCUT2D eigenvalue weighted by Crippen LogP contribution is -2.53. The fourth-order valence-corrected chi connectivity index (χ4v) is 4.07. The summed E-state index contributed by atoms with van der Waals surface area (Å²) in [6.45, 7) is 3.94. The van der Waals surface area contributed by atoms with E-state index in [1.807, 2.05) is 36.9 Å². The van der Waals surface area contributed by atoms with Crippen LogP contribution in [0.5, 0.6) is 0 Å². The number of piperazine rings is 1. The first kappa shape index (κ1) is 19.8. The van der Waals surface area contributed by atoms with E-state index in [-0.39, 0.29) is 12.8 Å². The molecule has 5 rings (SSSR count). The maximum absolute atomic E-state index is 13.4. The monoisotopic (exact) mass is 430 g/mol. The average molecular weight is 430 g/mol. The van der Waals surface area contributed by atoms with Crippen LogP contribution in [0.2, 0.25) is 0 Å². The number of amides is 1. The summed E-state index contributed by atoms with van der Waals surface area (Å²) < 4.78 is 33.8. The first-order valence-corrected chi connectivity index (χ1v) is 10.4. The van der Waals surface area contributed by atoms with E-state index in [1.165, 1.54) is 4.90 Å². The van der Waals surface area contributed by atoms with Gasteiger partial charge in [-0.1, -0.05) is 0 Å². The number of anilines is 1. The first-order chi connectivity index (χ1) is 14.8. The molecule has 164 valence electrons. The van der Waals surface area contributed by atoms with Crippen LogP contribution in [0.25, 0.3) is 22.4 Å². The summed E-state index contributed by atoms with van der Waals surface area (Å²) >= 11 is 0. The molecular formula is C21H24F2N6O2. The van der Waals surface area contributed by atoms with Gasteiger partial charge in [0.15, 0.2) is 6.10 Å². The summed E-state index contributed by atoms with van der Waals surface area (Å²) in [4.78, 5) is 28.3. The smallest absolute Gasteiger partial charge is 0.410 e. The molecular weight excluding hydrogens is 406 g/mol. The van der Waals surface area contributed by atoms with E-state index in [9.17, 15) is 13.6 Å². The molecule has 10 heteroatoms. The molecule has 3 aromatic rings. The molecule has 1 aliphatic carbocycles. The van der Waals surface area contributed by atoms with Gasteiger partial charge in [-0.05, 0) is 25.5 Å². The van der Waals surface area contributed by atoms with Crippen molar-refractivity contribution in [2.24, 2.45) is 7.05 Å². The third-order valence-corrected chi connectivity index (χ3v) is 6.23. The second kappa shape index (κ2) is 7.21. The molecule has 0 radical (unpaired) electrons. The molecule has 1 amide bonds. The molecule has 0 unspecified atom stereocenters. The Morgan fingerprint density at radius 3 is 2.68 bits per heavy atom. The molecule has 1 aliphatic heterocycles. The number of nitrogens with one attached hydrogen (secondary N) is 1. The van der Waals surface area contributed by atoms with E-state index in [1.54, 1.807) is 6.20 Å². The molecule has 0 aromatic carbocycles. The predicted molar refractivity (Wildman–Crippen MR) is 111 cm³/mol. The number of carbonyl (C=O) groups is 1. The summed E-state index contributed by atoms with van der Waals surface area (Å²) in [6.07, 6.45) is 1.79. The van der Waals surface area contributed by atoms with Crippen LogP contribution in [-0.2, 0) is 11.8 Å². The molecule has 2 aliphatic rings. The number of halogens is 2. The predicted octanol–water partition coefficient (Wildman–Crippen LogP) is 3.33. The Hall–Kier alpha value is -3.17. The Bertz CT molecular complexity index is 1110. The standard InChI is InChI=1S/C21H24F2N6O2/c1-13-25-16(12-27(13)2)15-11-14-17(4-6-24-19(14)26-15)28-7-9-29(10-8-28)20(30)31-18-3-5-21(18,22)23/h4,6,11-12,18H,3,5,7-10H2,1-2H3,(H,24,26)/t18-/m1/s1. The quantitative estimate of drug-likeness (QED) is 0.690. The van der Waals surface area contributed by atoms with Crippen molar-refractivity contribution < 1.29 is 18.3 Å². The molecule has 0 bridgehead atoms. The number of rotatable bonds is 3. The molecule has 2 fully saturated rings. The molecule has 31 heavy (non-hydrogen) atoms. The minimum Gasteiger partial charge on any atom is -0.440 e. The highest BCUT2D eigenvalue weighted by molar-refractivity contribution is 5.93. The van der Waals surface area contributed by atoms with Crippen molar-refractivity contribution in [3.05, 3.63) is 30.4 Å². The number of fused-ring (bicyclic) bond motifs is 1. The number of hydrogen-bond acceptors (Lipinski definition) is 5. The van der Waals surface area contributed by atoms with Crippen molar-refractivity contribution >= 4 is 22.8 Å². The fraction of sp³-hybridized carbons (Fsp3) is 0.476. The molecule has 0 spiro atoms. The van der Waals surface area contributed by atoms with E-state index < -0.39 is 18.1 Å². The van der Waals surface area contributed by atoms with Gasteiger partial charge in [0.1, 0.15) is 17.2 Å². The van der Waals surface area contributed by atoms with Crippen molar-refractivity contribution in [1.82, 2.24) is 24.4 Å². The summed E-state index contributed by atoms with van der Waals surface area (Å²) in [5.41, 5.74) is 3.52. The van der Waals surface area contributed by atoms with Gasteiger partial charge in [0.25, 0.3) is 5.92 Å². The van der Waals surface area contributed by atoms with Gasteiger partial charge in [0.05, 0.1) is 5.69 Å². The van der Waals surface area contributed by atoms with Crippen LogP contribution in [0.1, 0.15) is 18.7 Å². The van der Waals surface area contributed by atoms with Crippen LogP contribution in [0.15, 0.2) is 24.5 Å². The number of aromatic nitrogens is 4. The Balaban J connectivity index is 1.30. The van der Waals surface area contributed by atoms with Gasteiger partial charge < -0.3 is 24.1 Å². The fourth-order valence-electron chi connectivity index (χ4n) is 4.07. The van der Waals surface area contributed by atoms with Crippen LogP contribution >= 0.6 is 0 Å². The topological polar surface area (TPSA) is 79.3 Å². The summed E-state index contributed by atoms with van der Waals surface area (Å²) in [5, 5.41) is 0.978. The summed E-state index contributed by atoms with van der Waals surface area (Å²) in [5.74, 6) is -1.97. The number of hydrogen-bond donors (Lipinski definition) is 1. The maximum Gasteiger partial charge on any atom is 0.410 e. The van der Waals surface area contributed by atoms with Crippen LogP contribution in [0.4, 0.5) is 19.3 Å². The second-order valence-electron chi connectivity index (χ2n) is 8.21. The molecule has 1 saturated heterocycles. The molecule has 1 atom stereocenters. The Morgan fingerprint density at radius 1 is 1.29 bits per heavy atom. The molecule has 3 aromatic heterocycles. The lowest BCUT2D eigenvalue weighted by atomic mass is 9.91. The SMILES string of the molecule is Cc1nc(-c2cc3c(N4CCN(C(=O)O[C@@H]5CCC5(F)F)CC4)ccnc3[nH]2)cn1C. The zero-order chi connectivity index (χ0) is 21.8. The number of imidazole rings is 1. The van der Waals surface area contributed by atoms with E-state index in [0.29, 0.717) is 26.2 Å². The van der Waals surface area contributed by atoms with Gasteiger partial charge in [-0.2, -0.15) is 0 Å². The number of alkyl halides is 2. The highest BCUT2D eigenvalue weighted by atomic mass is 19.3. The van der Waals surface area contributed by atoms with Gasteiger partial charge >= 0.3 is 6.09 Å². The van der Waals surface area contributed by atoms with Crippen molar-refractivity contribution in [2.75, 3.05) is 31.1 Å². The van der Waals surface area contributed by atoms with E-state index in [4.69, 9.17) is 4.74 Å². The molecule has 1 N–H and O–H groups in total. The second-order valence-corrected chi connectivity index (χ2v) is 8.21. The maximum atomic E-state index is 13.4. The van der Waals surface area contributed by atoms with E-state index in [2.05, 4.69) is 19.9 Å². The van der Waals surface area contributed by atoms with Crippen LogP contribution < -0.4 is 4.90 Å². The number of nitrogens with zero attached hydrogens (tertiary/aromatic N) is 5. The Kier molecular flexibility index (Phi) is 4.60. The number of H-pyrrole nitrogens is 1. The van der Waals surface area contributed by atoms with Crippen LogP contribution in [0.3, 0.4) is 0 Å². The number of aromatic amines is 1. The molecule has 1 saturated carbocycles. The number of ether oxygens (including phenoxy) is 1. The van der Waals surface area contributed by atoms with Crippen molar-refractivity contribution in [3.8, 4) is 11.4 Å². The lowest BCUT2D eigenvalue weighted by Gasteiger charge is -2.39. The van der Waals surface area contributed by atoms with Gasteiger partial charge in [-0.15, -0.1) is 0 Å². The zero-order valence-electron chi connectivity index (χ0n) is 17.4. The molecule has 4 heterocycles. The van der Waals surface area contributed by atoms with Crippen molar-refractivity contribution in [2.45, 2.75) is 31.8 Å². The average Bonchev–Trinajstić information content (AvgIpc) is 3.34. The first-order valence-electron chi connectivity index (χ1n) is 10.4. The Morgan fingerprint density at radius 2 is 2.06 bits per heavy atom. The highest BCUT2D eigenvalue weighted by Crippen LogP contribution is 2.40. The third-order valence-electron chi connectivity index (χ3n) is 6.23. The van der Waals surface area contributed by atoms with Gasteiger partial charge in [0, 0.05) is 63.1 Å². The summed E-state index contributed by atoms with van der Waals surface area (Å²) in [7, 11) is 1.95. The number of pyridine rings is 1. The van der Waals surface area contributed by atoms with Crippen molar-refractivity contribution in [1.29, 1.82) is 0 Å². The van der Waals surface area contributed by atoms with Gasteiger partial charge in [0.2, 0.25) is 0 Å². The normalized spacial score (nSPS) is 20.7. The van der Waals surface area contributed by atoms with E-state index in [0.717, 1.165) is 33.9 Å². The Labute approximate surface area is 177 Å². The number of carbonyl (C=O) groups excluding carboxylic acids is 1. The van der Waals surface area contributed by atoms with Gasteiger partial charge in [-0.3, -0.25) is 0 Å². The van der Waals surface area contributed by atoms with Gasteiger partial charge in [-0.25, -0.2) is 23.5 Å². The number of aryl methyl sites for hydroxylation is 2. The largest absolute Gasteiger partial charge is 0.440 e. The summed E-state index contributed by atoms with van der Waals surface area (Å²) in [6, 6.07) is 3.99. The van der Waals surface area contributed by atoms with Crippen molar-refractivity contribution in [3.63, 3.8) is 0 Å². The molecule has 8 nitrogen and oxygen atoms in total. The third kappa shape index (κ3) is 3.49. The lowest BCUT2D eigenvalue weighted by molar-refractivity contribution is -0.179. The van der Waals surface area contributed by atoms with Crippen LogP contribution in [-0.4, -0.2) is 68.7 Å².